The first-order valence-electron chi connectivity index (χ1n) is 7.71. The Labute approximate surface area is 125 Å². The molecule has 1 aromatic heterocycles. The van der Waals surface area contributed by atoms with Crippen molar-refractivity contribution in [1.82, 2.24) is 10.1 Å². The summed E-state index contributed by atoms with van der Waals surface area (Å²) >= 11 is 0. The lowest BCUT2D eigenvalue weighted by Gasteiger charge is -2.33. The van der Waals surface area contributed by atoms with E-state index in [0.29, 0.717) is 5.92 Å². The fraction of sp³-hybridized carbons (Fsp3) is 0.471. The lowest BCUT2D eigenvalue weighted by molar-refractivity contribution is 0.141. The number of piperidine rings is 1. The van der Waals surface area contributed by atoms with Crippen LogP contribution in [-0.2, 0) is 6.54 Å². The Bertz CT molecular complexity index is 564. The molecule has 2 heterocycles. The van der Waals surface area contributed by atoms with Crippen molar-refractivity contribution >= 4 is 0 Å². The Balaban J connectivity index is 1.65. The van der Waals surface area contributed by atoms with Crippen LogP contribution in [0, 0.1) is 5.92 Å². The van der Waals surface area contributed by atoms with E-state index < -0.39 is 0 Å². The van der Waals surface area contributed by atoms with Gasteiger partial charge in [-0.1, -0.05) is 35.5 Å². The summed E-state index contributed by atoms with van der Waals surface area (Å²) in [7, 11) is 0. The average Bonchev–Trinajstić information content (AvgIpc) is 2.97. The molecule has 2 aromatic rings. The van der Waals surface area contributed by atoms with Crippen LogP contribution in [0.5, 0.6) is 0 Å². The number of hydrogen-bond donors (Lipinski definition) is 1. The third-order valence-corrected chi connectivity index (χ3v) is 4.29. The van der Waals surface area contributed by atoms with Gasteiger partial charge in [0, 0.05) is 24.2 Å². The highest BCUT2D eigenvalue weighted by Crippen LogP contribution is 2.23. The molecule has 1 aliphatic heterocycles. The van der Waals surface area contributed by atoms with E-state index in [1.54, 1.807) is 0 Å². The second kappa shape index (κ2) is 6.41. The molecular formula is C17H23N3O. The summed E-state index contributed by atoms with van der Waals surface area (Å²) in [4.78, 5) is 2.42. The van der Waals surface area contributed by atoms with Crippen LogP contribution in [0.15, 0.2) is 40.9 Å². The second-order valence-electron chi connectivity index (χ2n) is 6.04. The smallest absolute Gasteiger partial charge is 0.151 e. The van der Waals surface area contributed by atoms with Gasteiger partial charge in [0.1, 0.15) is 5.69 Å². The van der Waals surface area contributed by atoms with E-state index in [4.69, 9.17) is 10.3 Å². The fourth-order valence-corrected chi connectivity index (χ4v) is 3.02. The number of likely N-dealkylation sites (tertiary alicyclic amines) is 1. The maximum Gasteiger partial charge on any atom is 0.151 e. The van der Waals surface area contributed by atoms with Crippen LogP contribution < -0.4 is 5.73 Å². The number of benzene rings is 1. The van der Waals surface area contributed by atoms with Gasteiger partial charge in [-0.25, -0.2) is 0 Å². The lowest BCUT2D eigenvalue weighted by Crippen LogP contribution is -2.41. The van der Waals surface area contributed by atoms with Gasteiger partial charge < -0.3 is 10.3 Å². The van der Waals surface area contributed by atoms with Crippen molar-refractivity contribution in [1.29, 1.82) is 0 Å². The molecular weight excluding hydrogens is 262 g/mol. The summed E-state index contributed by atoms with van der Waals surface area (Å²) in [6.45, 7) is 5.10. The van der Waals surface area contributed by atoms with E-state index in [1.165, 1.54) is 12.8 Å². The maximum atomic E-state index is 6.04. The van der Waals surface area contributed by atoms with E-state index in [9.17, 15) is 0 Å². The second-order valence-corrected chi connectivity index (χ2v) is 6.04. The molecule has 2 N–H and O–H groups in total. The Hall–Kier alpha value is -1.65. The van der Waals surface area contributed by atoms with Gasteiger partial charge in [0.25, 0.3) is 0 Å². The standard InChI is InChI=1S/C17H23N3O/c1-13(18)15-8-5-9-20(11-15)12-16-10-17(19-21-16)14-6-3-2-4-7-14/h2-4,6-7,10,13,15H,5,8-9,11-12,18H2,1H3. The summed E-state index contributed by atoms with van der Waals surface area (Å²) in [6.07, 6.45) is 2.45. The molecule has 0 amide bonds. The summed E-state index contributed by atoms with van der Waals surface area (Å²) in [5.41, 5.74) is 8.05. The molecule has 1 saturated heterocycles. The molecule has 4 heteroatoms. The molecule has 112 valence electrons. The van der Waals surface area contributed by atoms with Gasteiger partial charge in [0.05, 0.1) is 6.54 Å². The first-order valence-corrected chi connectivity index (χ1v) is 7.71. The minimum Gasteiger partial charge on any atom is -0.359 e. The summed E-state index contributed by atoms with van der Waals surface area (Å²) in [5.74, 6) is 1.52. The Morgan fingerprint density at radius 3 is 2.95 bits per heavy atom. The van der Waals surface area contributed by atoms with E-state index in [1.807, 2.05) is 24.3 Å². The average molecular weight is 285 g/mol. The zero-order valence-electron chi connectivity index (χ0n) is 12.5. The summed E-state index contributed by atoms with van der Waals surface area (Å²) in [5, 5.41) is 4.18. The molecule has 2 atom stereocenters. The van der Waals surface area contributed by atoms with Crippen molar-refractivity contribution in [3.8, 4) is 11.3 Å². The highest BCUT2D eigenvalue weighted by atomic mass is 16.5. The molecule has 0 bridgehead atoms. The molecule has 1 aromatic carbocycles. The van der Waals surface area contributed by atoms with Crippen molar-refractivity contribution in [2.75, 3.05) is 13.1 Å². The van der Waals surface area contributed by atoms with Crippen LogP contribution in [0.25, 0.3) is 11.3 Å². The number of rotatable bonds is 4. The Kier molecular flexibility index (Phi) is 4.36. The summed E-state index contributed by atoms with van der Waals surface area (Å²) < 4.78 is 5.49. The zero-order valence-corrected chi connectivity index (χ0v) is 12.5. The highest BCUT2D eigenvalue weighted by Gasteiger charge is 2.23. The van der Waals surface area contributed by atoms with Crippen molar-refractivity contribution in [2.45, 2.75) is 32.4 Å². The first kappa shape index (κ1) is 14.3. The predicted octanol–water partition coefficient (Wildman–Crippen LogP) is 2.90. The Morgan fingerprint density at radius 2 is 2.19 bits per heavy atom. The third kappa shape index (κ3) is 3.52. The molecule has 21 heavy (non-hydrogen) atoms. The predicted molar refractivity (Wildman–Crippen MR) is 83.6 cm³/mol. The topological polar surface area (TPSA) is 55.3 Å². The van der Waals surface area contributed by atoms with Crippen molar-refractivity contribution in [3.63, 3.8) is 0 Å². The van der Waals surface area contributed by atoms with Crippen LogP contribution in [0.3, 0.4) is 0 Å². The monoisotopic (exact) mass is 285 g/mol. The number of hydrogen-bond acceptors (Lipinski definition) is 4. The Morgan fingerprint density at radius 1 is 1.38 bits per heavy atom. The molecule has 3 rings (SSSR count). The van der Waals surface area contributed by atoms with Gasteiger partial charge in [-0.05, 0) is 32.2 Å². The molecule has 2 unspecified atom stereocenters. The highest BCUT2D eigenvalue weighted by molar-refractivity contribution is 5.58. The minimum atomic E-state index is 0.266. The molecule has 0 saturated carbocycles. The van der Waals surface area contributed by atoms with Crippen molar-refractivity contribution in [3.05, 3.63) is 42.2 Å². The van der Waals surface area contributed by atoms with Crippen LogP contribution in [0.1, 0.15) is 25.5 Å². The van der Waals surface area contributed by atoms with Crippen molar-refractivity contribution in [2.24, 2.45) is 11.7 Å². The van der Waals surface area contributed by atoms with Gasteiger partial charge in [-0.15, -0.1) is 0 Å². The first-order chi connectivity index (χ1) is 10.2. The van der Waals surface area contributed by atoms with Crippen LogP contribution >= 0.6 is 0 Å². The number of nitrogens with zero attached hydrogens (tertiary/aromatic N) is 2. The molecule has 0 spiro atoms. The molecule has 1 fully saturated rings. The zero-order chi connectivity index (χ0) is 14.7. The van der Waals surface area contributed by atoms with Gasteiger partial charge in [-0.3, -0.25) is 4.90 Å². The maximum absolute atomic E-state index is 6.04. The molecule has 1 aliphatic rings. The molecule has 0 radical (unpaired) electrons. The van der Waals surface area contributed by atoms with Crippen LogP contribution in [-0.4, -0.2) is 29.2 Å². The van der Waals surface area contributed by atoms with Gasteiger partial charge in [0.15, 0.2) is 5.76 Å². The lowest BCUT2D eigenvalue weighted by atomic mass is 9.92. The number of aromatic nitrogens is 1. The largest absolute Gasteiger partial charge is 0.359 e. The van der Waals surface area contributed by atoms with Gasteiger partial charge in [-0.2, -0.15) is 0 Å². The molecule has 0 aliphatic carbocycles. The normalized spacial score (nSPS) is 21.3. The third-order valence-electron chi connectivity index (χ3n) is 4.29. The van der Waals surface area contributed by atoms with Crippen LogP contribution in [0.4, 0.5) is 0 Å². The van der Waals surface area contributed by atoms with Gasteiger partial charge >= 0.3 is 0 Å². The fourth-order valence-electron chi connectivity index (χ4n) is 3.02. The number of nitrogens with two attached hydrogens (primary N) is 1. The SMILES string of the molecule is CC(N)C1CCCN(Cc2cc(-c3ccccc3)no2)C1. The van der Waals surface area contributed by atoms with Crippen LogP contribution in [0.2, 0.25) is 0 Å². The van der Waals surface area contributed by atoms with E-state index in [2.05, 4.69) is 29.1 Å². The molecule has 4 nitrogen and oxygen atoms in total. The van der Waals surface area contributed by atoms with E-state index in [-0.39, 0.29) is 6.04 Å². The minimum absolute atomic E-state index is 0.266. The summed E-state index contributed by atoms with van der Waals surface area (Å²) in [6, 6.07) is 12.5. The van der Waals surface area contributed by atoms with E-state index in [0.717, 1.165) is 36.7 Å². The van der Waals surface area contributed by atoms with E-state index >= 15 is 0 Å². The van der Waals surface area contributed by atoms with Crippen molar-refractivity contribution < 1.29 is 4.52 Å². The van der Waals surface area contributed by atoms with Gasteiger partial charge in [0.2, 0.25) is 0 Å². The quantitative estimate of drug-likeness (QED) is 0.938.